The van der Waals surface area contributed by atoms with Crippen molar-refractivity contribution in [3.63, 3.8) is 0 Å². The van der Waals surface area contributed by atoms with Gasteiger partial charge in [-0.2, -0.15) is 18.3 Å². The number of alkyl halides is 3. The summed E-state index contributed by atoms with van der Waals surface area (Å²) in [5.41, 5.74) is 1.44. The van der Waals surface area contributed by atoms with Crippen molar-refractivity contribution in [2.24, 2.45) is 0 Å². The van der Waals surface area contributed by atoms with Crippen LogP contribution in [0.3, 0.4) is 0 Å². The van der Waals surface area contributed by atoms with Crippen molar-refractivity contribution in [3.05, 3.63) is 15.9 Å². The molecule has 1 aromatic rings. The molecule has 1 aromatic heterocycles. The summed E-state index contributed by atoms with van der Waals surface area (Å²) in [6.07, 6.45) is -4.97. The molecule has 6 heteroatoms. The lowest BCUT2D eigenvalue weighted by atomic mass is 10.4. The molecule has 0 saturated carbocycles. The van der Waals surface area contributed by atoms with Crippen LogP contribution < -0.4 is 0 Å². The number of aryl methyl sites for hydroxylation is 2. The van der Waals surface area contributed by atoms with Crippen LogP contribution in [0.1, 0.15) is 17.8 Å². The molecule has 0 spiro atoms. The predicted molar refractivity (Wildman–Crippen MR) is 50.1 cm³/mol. The molecule has 2 nitrogen and oxygen atoms in total. The largest absolute Gasteiger partial charge is 0.390 e. The van der Waals surface area contributed by atoms with Gasteiger partial charge in [0.25, 0.3) is 0 Å². The molecule has 0 aliphatic carbocycles. The quantitative estimate of drug-likeness (QED) is 0.807. The second-order valence-corrected chi connectivity index (χ2v) is 3.87. The number of rotatable bonds is 2. The van der Waals surface area contributed by atoms with Crippen molar-refractivity contribution in [3.8, 4) is 0 Å². The Balaban J connectivity index is 2.73. The molecular formula is C8H10BrF3N2. The maximum atomic E-state index is 11.9. The van der Waals surface area contributed by atoms with Gasteiger partial charge in [-0.1, -0.05) is 0 Å². The highest BCUT2D eigenvalue weighted by atomic mass is 79.9. The molecule has 0 radical (unpaired) electrons. The fourth-order valence-electron chi connectivity index (χ4n) is 1.13. The summed E-state index contributed by atoms with van der Waals surface area (Å²) >= 11 is 3.26. The Kier molecular flexibility index (Phi) is 3.24. The van der Waals surface area contributed by atoms with Gasteiger partial charge in [-0.15, -0.1) is 0 Å². The first kappa shape index (κ1) is 11.6. The lowest BCUT2D eigenvalue weighted by Crippen LogP contribution is -2.13. The molecular weight excluding hydrogens is 261 g/mol. The topological polar surface area (TPSA) is 17.8 Å². The average molecular weight is 271 g/mol. The summed E-state index contributed by atoms with van der Waals surface area (Å²) in [6.45, 7) is 3.36. The fraction of sp³-hybridized carbons (Fsp3) is 0.625. The normalized spacial score (nSPS) is 12.1. The van der Waals surface area contributed by atoms with E-state index in [1.807, 2.05) is 0 Å². The lowest BCUT2D eigenvalue weighted by molar-refractivity contribution is -0.137. The Bertz CT molecular complexity index is 330. The van der Waals surface area contributed by atoms with E-state index in [0.29, 0.717) is 5.69 Å². The highest BCUT2D eigenvalue weighted by molar-refractivity contribution is 9.10. The molecule has 1 rings (SSSR count). The van der Waals surface area contributed by atoms with Crippen LogP contribution in [0.2, 0.25) is 0 Å². The zero-order valence-electron chi connectivity index (χ0n) is 7.82. The molecule has 0 N–H and O–H groups in total. The van der Waals surface area contributed by atoms with Gasteiger partial charge in [-0.05, 0) is 29.8 Å². The highest BCUT2D eigenvalue weighted by Gasteiger charge is 2.27. The van der Waals surface area contributed by atoms with Crippen LogP contribution in [0.25, 0.3) is 0 Å². The van der Waals surface area contributed by atoms with Crippen LogP contribution in [0, 0.1) is 13.8 Å². The molecule has 80 valence electrons. The molecule has 0 aliphatic heterocycles. The van der Waals surface area contributed by atoms with E-state index in [-0.39, 0.29) is 6.54 Å². The number of hydrogen-bond donors (Lipinski definition) is 0. The van der Waals surface area contributed by atoms with Crippen LogP contribution in [0.5, 0.6) is 0 Å². The van der Waals surface area contributed by atoms with Crippen molar-refractivity contribution < 1.29 is 13.2 Å². The lowest BCUT2D eigenvalue weighted by Gasteiger charge is -2.07. The minimum absolute atomic E-state index is 0.123. The van der Waals surface area contributed by atoms with E-state index in [4.69, 9.17) is 0 Å². The molecule has 0 atom stereocenters. The fourth-order valence-corrected chi connectivity index (χ4v) is 1.41. The van der Waals surface area contributed by atoms with E-state index >= 15 is 0 Å². The van der Waals surface area contributed by atoms with E-state index in [2.05, 4.69) is 21.0 Å². The van der Waals surface area contributed by atoms with Gasteiger partial charge in [0.05, 0.1) is 16.6 Å². The zero-order chi connectivity index (χ0) is 10.9. The molecule has 0 aliphatic rings. The van der Waals surface area contributed by atoms with E-state index in [0.717, 1.165) is 10.2 Å². The van der Waals surface area contributed by atoms with E-state index < -0.39 is 12.6 Å². The molecule has 0 fully saturated rings. The van der Waals surface area contributed by atoms with Gasteiger partial charge in [-0.3, -0.25) is 4.68 Å². The molecule has 0 aromatic carbocycles. The van der Waals surface area contributed by atoms with Gasteiger partial charge >= 0.3 is 6.18 Å². The van der Waals surface area contributed by atoms with Gasteiger partial charge in [0.1, 0.15) is 0 Å². The van der Waals surface area contributed by atoms with Gasteiger partial charge in [0, 0.05) is 12.2 Å². The average Bonchev–Trinajstić information content (AvgIpc) is 2.28. The van der Waals surface area contributed by atoms with Crippen LogP contribution in [0.4, 0.5) is 13.2 Å². The summed E-state index contributed by atoms with van der Waals surface area (Å²) in [7, 11) is 0. The second kappa shape index (κ2) is 3.92. The first-order chi connectivity index (χ1) is 6.31. The maximum Gasteiger partial charge on any atom is 0.390 e. The standard InChI is InChI=1S/C8H10BrF3N2/c1-5-7(9)6(2)14(13-5)4-3-8(10,11)12/h3-4H2,1-2H3. The highest BCUT2D eigenvalue weighted by Crippen LogP contribution is 2.23. The zero-order valence-corrected chi connectivity index (χ0v) is 9.41. The predicted octanol–water partition coefficient (Wildman–Crippen LogP) is 3.21. The second-order valence-electron chi connectivity index (χ2n) is 3.07. The third-order valence-corrected chi connectivity index (χ3v) is 3.05. The Morgan fingerprint density at radius 1 is 1.36 bits per heavy atom. The molecule has 1 heterocycles. The first-order valence-electron chi connectivity index (χ1n) is 4.07. The third kappa shape index (κ3) is 2.73. The summed E-state index contributed by atoms with van der Waals surface area (Å²) in [5.74, 6) is 0. The summed E-state index contributed by atoms with van der Waals surface area (Å²) in [4.78, 5) is 0. The first-order valence-corrected chi connectivity index (χ1v) is 4.87. The van der Waals surface area contributed by atoms with Crippen molar-refractivity contribution in [2.45, 2.75) is 33.0 Å². The van der Waals surface area contributed by atoms with Gasteiger partial charge in [-0.25, -0.2) is 0 Å². The molecule has 14 heavy (non-hydrogen) atoms. The Hall–Kier alpha value is -0.520. The smallest absolute Gasteiger partial charge is 0.268 e. The van der Waals surface area contributed by atoms with E-state index in [1.165, 1.54) is 4.68 Å². The number of aromatic nitrogens is 2. The summed E-state index contributed by atoms with van der Waals surface area (Å²) in [5, 5.41) is 3.98. The van der Waals surface area contributed by atoms with Crippen molar-refractivity contribution in [1.29, 1.82) is 0 Å². The van der Waals surface area contributed by atoms with Crippen LogP contribution in [-0.4, -0.2) is 16.0 Å². The number of halogens is 4. The molecule has 0 unspecified atom stereocenters. The maximum absolute atomic E-state index is 11.9. The number of hydrogen-bond acceptors (Lipinski definition) is 1. The van der Waals surface area contributed by atoms with E-state index in [1.54, 1.807) is 13.8 Å². The van der Waals surface area contributed by atoms with Crippen molar-refractivity contribution in [1.82, 2.24) is 9.78 Å². The van der Waals surface area contributed by atoms with Gasteiger partial charge < -0.3 is 0 Å². The molecule has 0 saturated heterocycles. The summed E-state index contributed by atoms with van der Waals surface area (Å²) < 4.78 is 37.9. The van der Waals surface area contributed by atoms with Gasteiger partial charge in [0.2, 0.25) is 0 Å². The third-order valence-electron chi connectivity index (χ3n) is 1.90. The number of nitrogens with zero attached hydrogens (tertiary/aromatic N) is 2. The monoisotopic (exact) mass is 270 g/mol. The Morgan fingerprint density at radius 3 is 2.29 bits per heavy atom. The van der Waals surface area contributed by atoms with Gasteiger partial charge in [0.15, 0.2) is 0 Å². The molecule has 0 amide bonds. The van der Waals surface area contributed by atoms with Crippen LogP contribution in [0.15, 0.2) is 4.47 Å². The Labute approximate surface area is 88.2 Å². The minimum atomic E-state index is -4.13. The minimum Gasteiger partial charge on any atom is -0.268 e. The van der Waals surface area contributed by atoms with Crippen molar-refractivity contribution >= 4 is 15.9 Å². The van der Waals surface area contributed by atoms with E-state index in [9.17, 15) is 13.2 Å². The van der Waals surface area contributed by atoms with Crippen LogP contribution in [-0.2, 0) is 6.54 Å². The molecule has 0 bridgehead atoms. The van der Waals surface area contributed by atoms with Crippen molar-refractivity contribution in [2.75, 3.05) is 0 Å². The SMILES string of the molecule is Cc1nn(CCC(F)(F)F)c(C)c1Br. The Morgan fingerprint density at radius 2 is 1.93 bits per heavy atom. The van der Waals surface area contributed by atoms with Crippen LogP contribution >= 0.6 is 15.9 Å². The summed E-state index contributed by atoms with van der Waals surface area (Å²) in [6, 6.07) is 0.